The monoisotopic (exact) mass is 511 g/mol. The first-order valence-electron chi connectivity index (χ1n) is 13.0. The number of nitrogens with one attached hydrogen (secondary N) is 4. The molecule has 1 aromatic rings. The van der Waals surface area contributed by atoms with E-state index in [9.17, 15) is 19.2 Å². The van der Waals surface area contributed by atoms with Crippen LogP contribution in [-0.2, 0) is 25.6 Å². The second kappa shape index (κ2) is 11.9. The van der Waals surface area contributed by atoms with Gasteiger partial charge in [-0.25, -0.2) is 0 Å². The van der Waals surface area contributed by atoms with E-state index in [-0.39, 0.29) is 42.1 Å². The summed E-state index contributed by atoms with van der Waals surface area (Å²) in [7, 11) is 1.71. The van der Waals surface area contributed by atoms with Crippen LogP contribution in [0.4, 0.5) is 5.69 Å². The minimum Gasteiger partial charge on any atom is -0.351 e. The summed E-state index contributed by atoms with van der Waals surface area (Å²) >= 11 is 0. The Hall–Kier alpha value is -3.20. The van der Waals surface area contributed by atoms with E-state index in [0.717, 1.165) is 24.8 Å². The molecule has 1 aromatic carbocycles. The van der Waals surface area contributed by atoms with Crippen LogP contribution in [0.3, 0.4) is 0 Å². The normalized spacial score (nSPS) is 22.5. The molecule has 0 radical (unpaired) electrons. The summed E-state index contributed by atoms with van der Waals surface area (Å²) < 4.78 is 0. The van der Waals surface area contributed by atoms with E-state index in [1.807, 2.05) is 31.7 Å². The molecule has 0 bridgehead atoms. The molecule has 9 nitrogen and oxygen atoms in total. The molecular weight excluding hydrogens is 470 g/mol. The standard InChI is InChI=1S/C28H41N5O4/c1-7-22(34)30-20-10-8-9-18(15-20)16-23(35)31-21-12-11-19-13-14-33(24(19)21)27(37)25(28(3,4)5)32-26(36)17(2)29-6/h7-10,15,17,19,21,24-25,29H,1,11-14,16H2,2-6H3,(H,30,34)(H,31,35)(H,32,36)/t17-,19+,21-,24-,25+/m0/s1. The number of hydrogen-bond donors (Lipinski definition) is 4. The molecular formula is C28H41N5O4. The average molecular weight is 512 g/mol. The first-order valence-corrected chi connectivity index (χ1v) is 13.0. The number of fused-ring (bicyclic) bond motifs is 1. The summed E-state index contributed by atoms with van der Waals surface area (Å²) in [5.41, 5.74) is 0.913. The number of carbonyl (C=O) groups excluding carboxylic acids is 4. The molecule has 0 unspecified atom stereocenters. The van der Waals surface area contributed by atoms with Gasteiger partial charge in [0.2, 0.25) is 23.6 Å². The van der Waals surface area contributed by atoms with E-state index in [4.69, 9.17) is 0 Å². The summed E-state index contributed by atoms with van der Waals surface area (Å²) in [5, 5.41) is 11.8. The van der Waals surface area contributed by atoms with Gasteiger partial charge < -0.3 is 26.2 Å². The number of benzene rings is 1. The van der Waals surface area contributed by atoms with Crippen molar-refractivity contribution in [2.75, 3.05) is 18.9 Å². The van der Waals surface area contributed by atoms with Gasteiger partial charge >= 0.3 is 0 Å². The second-order valence-electron chi connectivity index (χ2n) is 11.2. The van der Waals surface area contributed by atoms with Crippen molar-refractivity contribution < 1.29 is 19.2 Å². The zero-order valence-electron chi connectivity index (χ0n) is 22.6. The molecule has 5 atom stereocenters. The van der Waals surface area contributed by atoms with E-state index in [1.54, 1.807) is 32.2 Å². The van der Waals surface area contributed by atoms with Gasteiger partial charge in [-0.1, -0.05) is 39.5 Å². The third-order valence-corrected chi connectivity index (χ3v) is 7.44. The molecule has 1 saturated carbocycles. The van der Waals surface area contributed by atoms with Crippen LogP contribution < -0.4 is 21.3 Å². The lowest BCUT2D eigenvalue weighted by Crippen LogP contribution is -2.60. The lowest BCUT2D eigenvalue weighted by molar-refractivity contribution is -0.141. The van der Waals surface area contributed by atoms with Gasteiger partial charge in [0.1, 0.15) is 6.04 Å². The van der Waals surface area contributed by atoms with Crippen molar-refractivity contribution >= 4 is 29.3 Å². The van der Waals surface area contributed by atoms with Crippen molar-refractivity contribution in [2.24, 2.45) is 11.3 Å². The van der Waals surface area contributed by atoms with E-state index < -0.39 is 17.5 Å². The van der Waals surface area contributed by atoms with Gasteiger partial charge in [0.15, 0.2) is 0 Å². The molecule has 2 aliphatic rings. The molecule has 202 valence electrons. The SMILES string of the molecule is C=CC(=O)Nc1cccc(CC(=O)N[C@H]2CC[C@@H]3CCN(C(=O)[C@@H](NC(=O)[C@H](C)NC)C(C)(C)C)[C@@H]32)c1. The Morgan fingerprint density at radius 2 is 1.89 bits per heavy atom. The molecule has 0 aromatic heterocycles. The Kier molecular flexibility index (Phi) is 9.12. The van der Waals surface area contributed by atoms with Crippen LogP contribution in [0.15, 0.2) is 36.9 Å². The predicted molar refractivity (Wildman–Crippen MR) is 144 cm³/mol. The highest BCUT2D eigenvalue weighted by Crippen LogP contribution is 2.39. The Morgan fingerprint density at radius 1 is 1.16 bits per heavy atom. The van der Waals surface area contributed by atoms with Crippen molar-refractivity contribution in [1.29, 1.82) is 0 Å². The Bertz CT molecular complexity index is 1030. The van der Waals surface area contributed by atoms with Gasteiger partial charge in [0.05, 0.1) is 18.5 Å². The number of nitrogens with zero attached hydrogens (tertiary/aromatic N) is 1. The van der Waals surface area contributed by atoms with Crippen molar-refractivity contribution in [2.45, 2.75) is 77.5 Å². The maximum absolute atomic E-state index is 13.8. The van der Waals surface area contributed by atoms with Gasteiger partial charge in [-0.2, -0.15) is 0 Å². The second-order valence-corrected chi connectivity index (χ2v) is 11.2. The van der Waals surface area contributed by atoms with Gasteiger partial charge in [-0.15, -0.1) is 0 Å². The first kappa shape index (κ1) is 28.4. The lowest BCUT2D eigenvalue weighted by Gasteiger charge is -2.38. The number of carbonyl (C=O) groups is 4. The third kappa shape index (κ3) is 6.97. The summed E-state index contributed by atoms with van der Waals surface area (Å²) in [4.78, 5) is 52.9. The van der Waals surface area contributed by atoms with Crippen molar-refractivity contribution in [3.05, 3.63) is 42.5 Å². The fourth-order valence-corrected chi connectivity index (χ4v) is 5.33. The first-order chi connectivity index (χ1) is 17.4. The molecule has 1 aliphatic heterocycles. The molecule has 1 saturated heterocycles. The van der Waals surface area contributed by atoms with E-state index in [0.29, 0.717) is 18.2 Å². The summed E-state index contributed by atoms with van der Waals surface area (Å²) in [6, 6.07) is 5.86. The number of rotatable bonds is 9. The summed E-state index contributed by atoms with van der Waals surface area (Å²) in [6.45, 7) is 11.7. The fourth-order valence-electron chi connectivity index (χ4n) is 5.33. The third-order valence-electron chi connectivity index (χ3n) is 7.44. The highest BCUT2D eigenvalue weighted by Gasteiger charge is 2.49. The largest absolute Gasteiger partial charge is 0.351 e. The van der Waals surface area contributed by atoms with Crippen molar-refractivity contribution in [1.82, 2.24) is 20.9 Å². The smallest absolute Gasteiger partial charge is 0.247 e. The number of hydrogen-bond acceptors (Lipinski definition) is 5. The van der Waals surface area contributed by atoms with E-state index in [1.165, 1.54) is 6.08 Å². The molecule has 3 rings (SSSR count). The molecule has 4 amide bonds. The molecule has 2 fully saturated rings. The predicted octanol–water partition coefficient (Wildman–Crippen LogP) is 1.99. The van der Waals surface area contributed by atoms with Gasteiger partial charge in [-0.05, 0) is 68.3 Å². The fraction of sp³-hybridized carbons (Fsp3) is 0.571. The van der Waals surface area contributed by atoms with E-state index in [2.05, 4.69) is 27.8 Å². The molecule has 0 spiro atoms. The minimum atomic E-state index is -0.667. The zero-order chi connectivity index (χ0) is 27.3. The zero-order valence-corrected chi connectivity index (χ0v) is 22.6. The van der Waals surface area contributed by atoms with Gasteiger partial charge in [-0.3, -0.25) is 19.2 Å². The molecule has 1 heterocycles. The highest BCUT2D eigenvalue weighted by atomic mass is 16.2. The van der Waals surface area contributed by atoms with Crippen LogP contribution in [0, 0.1) is 11.3 Å². The lowest BCUT2D eigenvalue weighted by atomic mass is 9.85. The maximum Gasteiger partial charge on any atom is 0.247 e. The van der Waals surface area contributed by atoms with Crippen LogP contribution in [-0.4, -0.2) is 66.3 Å². The number of likely N-dealkylation sites (N-methyl/N-ethyl adjacent to an activating group) is 1. The molecule has 9 heteroatoms. The van der Waals surface area contributed by atoms with E-state index >= 15 is 0 Å². The molecule has 1 aliphatic carbocycles. The molecule has 37 heavy (non-hydrogen) atoms. The summed E-state index contributed by atoms with van der Waals surface area (Å²) in [5.74, 6) is -0.410. The van der Waals surface area contributed by atoms with Crippen LogP contribution >= 0.6 is 0 Å². The van der Waals surface area contributed by atoms with Crippen molar-refractivity contribution in [3.8, 4) is 0 Å². The highest BCUT2D eigenvalue weighted by molar-refractivity contribution is 5.99. The quantitative estimate of drug-likeness (QED) is 0.378. The Morgan fingerprint density at radius 3 is 2.54 bits per heavy atom. The van der Waals surface area contributed by atoms with Crippen LogP contribution in [0.2, 0.25) is 0 Å². The number of likely N-dealkylation sites (tertiary alicyclic amines) is 1. The van der Waals surface area contributed by atoms with Crippen LogP contribution in [0.5, 0.6) is 0 Å². The molecule has 4 N–H and O–H groups in total. The minimum absolute atomic E-state index is 0.0851. The summed E-state index contributed by atoms with van der Waals surface area (Å²) in [6.07, 6.45) is 4.02. The number of anilines is 1. The van der Waals surface area contributed by atoms with Gasteiger partial charge in [0, 0.05) is 18.3 Å². The Labute approximate surface area is 219 Å². The topological polar surface area (TPSA) is 120 Å². The number of amides is 4. The van der Waals surface area contributed by atoms with Gasteiger partial charge in [0.25, 0.3) is 0 Å². The van der Waals surface area contributed by atoms with Crippen LogP contribution in [0.1, 0.15) is 52.5 Å². The van der Waals surface area contributed by atoms with Crippen molar-refractivity contribution in [3.63, 3.8) is 0 Å². The average Bonchev–Trinajstić information content (AvgIpc) is 3.43. The maximum atomic E-state index is 13.8. The van der Waals surface area contributed by atoms with Crippen LogP contribution in [0.25, 0.3) is 0 Å². The Balaban J connectivity index is 1.69.